The third kappa shape index (κ3) is 1.46. The first-order valence-electron chi connectivity index (χ1n) is 7.10. The summed E-state index contributed by atoms with van der Waals surface area (Å²) in [4.78, 5) is 0. The lowest BCUT2D eigenvalue weighted by molar-refractivity contribution is 0.416. The van der Waals surface area contributed by atoms with E-state index >= 15 is 0 Å². The molecule has 98 valence electrons. The molecule has 3 aromatic carbocycles. The van der Waals surface area contributed by atoms with Crippen LogP contribution < -0.4 is 0 Å². The maximum atomic E-state index is 5.60. The third-order valence-corrected chi connectivity index (χ3v) is 4.33. The predicted molar refractivity (Wildman–Crippen MR) is 78.8 cm³/mol. The monoisotopic (exact) mass is 262 g/mol. The molecule has 0 saturated carbocycles. The summed E-state index contributed by atoms with van der Waals surface area (Å²) in [6.45, 7) is 1.68. The van der Waals surface area contributed by atoms with E-state index in [9.17, 15) is 0 Å². The van der Waals surface area contributed by atoms with Gasteiger partial charge in [0.15, 0.2) is 0 Å². The summed E-state index contributed by atoms with van der Waals surface area (Å²) in [5.41, 5.74) is 2.70. The highest BCUT2D eigenvalue weighted by molar-refractivity contribution is 6.06. The normalized spacial score (nSPS) is 24.2. The summed E-state index contributed by atoms with van der Waals surface area (Å²) in [6.07, 6.45) is 0.526. The summed E-state index contributed by atoms with van der Waals surface area (Å²) >= 11 is 0. The van der Waals surface area contributed by atoms with E-state index in [1.807, 2.05) is 0 Å². The smallest absolute Gasteiger partial charge is 0.107 e. The largest absolute Gasteiger partial charge is 0.368 e. The molecule has 2 heteroatoms. The molecule has 0 bridgehead atoms. The number of epoxide rings is 2. The second-order valence-electron chi connectivity index (χ2n) is 5.56. The van der Waals surface area contributed by atoms with Crippen LogP contribution in [0.3, 0.4) is 0 Å². The highest BCUT2D eigenvalue weighted by Gasteiger charge is 2.33. The van der Waals surface area contributed by atoms with Crippen LogP contribution in [0.1, 0.15) is 23.3 Å². The van der Waals surface area contributed by atoms with Crippen LogP contribution >= 0.6 is 0 Å². The van der Waals surface area contributed by atoms with E-state index in [2.05, 4.69) is 48.5 Å². The minimum absolute atomic E-state index is 0.263. The van der Waals surface area contributed by atoms with Gasteiger partial charge in [-0.3, -0.25) is 0 Å². The lowest BCUT2D eigenvalue weighted by Crippen LogP contribution is -1.94. The van der Waals surface area contributed by atoms with E-state index in [-0.39, 0.29) is 12.2 Å². The van der Waals surface area contributed by atoms with Gasteiger partial charge < -0.3 is 9.47 Å². The van der Waals surface area contributed by atoms with Gasteiger partial charge in [-0.05, 0) is 32.7 Å². The number of ether oxygens (including phenoxy) is 2. The van der Waals surface area contributed by atoms with E-state index in [4.69, 9.17) is 9.47 Å². The summed E-state index contributed by atoms with van der Waals surface area (Å²) in [5, 5.41) is 5.27. The highest BCUT2D eigenvalue weighted by atomic mass is 16.6. The molecule has 2 saturated heterocycles. The molecule has 2 aliphatic rings. The molecule has 0 radical (unpaired) electrons. The van der Waals surface area contributed by atoms with Crippen molar-refractivity contribution in [3.63, 3.8) is 0 Å². The van der Waals surface area contributed by atoms with Crippen LogP contribution in [0.4, 0.5) is 0 Å². The average molecular weight is 262 g/mol. The number of hydrogen-bond donors (Lipinski definition) is 0. The summed E-state index contributed by atoms with van der Waals surface area (Å²) < 4.78 is 11.2. The Bertz CT molecular complexity index is 702. The van der Waals surface area contributed by atoms with Crippen LogP contribution in [0, 0.1) is 0 Å². The zero-order chi connectivity index (χ0) is 13.1. The van der Waals surface area contributed by atoms with Gasteiger partial charge in [-0.1, -0.05) is 48.5 Å². The Morgan fingerprint density at radius 3 is 1.15 bits per heavy atom. The Kier molecular flexibility index (Phi) is 2.07. The SMILES string of the molecule is c1ccc2c(C3CO3)c3ccccc3c(C3CO3)c2c1. The van der Waals surface area contributed by atoms with Gasteiger partial charge in [0.25, 0.3) is 0 Å². The zero-order valence-electron chi connectivity index (χ0n) is 11.0. The first-order chi connectivity index (χ1) is 9.93. The molecule has 2 aliphatic heterocycles. The minimum atomic E-state index is 0.263. The molecular formula is C18H14O2. The van der Waals surface area contributed by atoms with Crippen LogP contribution in [0.25, 0.3) is 21.5 Å². The quantitative estimate of drug-likeness (QED) is 0.512. The molecule has 2 fully saturated rings. The van der Waals surface area contributed by atoms with E-state index in [1.54, 1.807) is 0 Å². The van der Waals surface area contributed by atoms with Gasteiger partial charge in [0.2, 0.25) is 0 Å². The van der Waals surface area contributed by atoms with E-state index < -0.39 is 0 Å². The summed E-state index contributed by atoms with van der Waals surface area (Å²) in [5.74, 6) is 0. The Balaban J connectivity index is 2.02. The van der Waals surface area contributed by atoms with Crippen LogP contribution in [0.2, 0.25) is 0 Å². The fourth-order valence-electron chi connectivity index (χ4n) is 3.32. The van der Waals surface area contributed by atoms with E-state index in [0.717, 1.165) is 13.2 Å². The fourth-order valence-corrected chi connectivity index (χ4v) is 3.32. The number of fused-ring (bicyclic) bond motifs is 2. The number of benzene rings is 3. The maximum Gasteiger partial charge on any atom is 0.107 e. The molecule has 0 spiro atoms. The Labute approximate surface area is 116 Å². The van der Waals surface area contributed by atoms with Crippen LogP contribution in [0.5, 0.6) is 0 Å². The van der Waals surface area contributed by atoms with Crippen molar-refractivity contribution in [3.05, 3.63) is 59.7 Å². The van der Waals surface area contributed by atoms with Gasteiger partial charge in [-0.2, -0.15) is 0 Å². The second-order valence-corrected chi connectivity index (χ2v) is 5.56. The average Bonchev–Trinajstić information content (AvgIpc) is 3.37. The van der Waals surface area contributed by atoms with Gasteiger partial charge in [0.1, 0.15) is 12.2 Å². The van der Waals surface area contributed by atoms with Gasteiger partial charge >= 0.3 is 0 Å². The molecule has 0 amide bonds. The zero-order valence-corrected chi connectivity index (χ0v) is 11.0. The Morgan fingerprint density at radius 2 is 0.900 bits per heavy atom. The standard InChI is InChI=1S/C18H14O2/c1-2-6-12-11(5-1)17(15-9-19-15)13-7-3-4-8-14(13)18(12)16-10-20-16/h1-8,15-16H,9-10H2. The molecule has 2 unspecified atom stereocenters. The van der Waals surface area contributed by atoms with E-state index in [0.29, 0.717) is 0 Å². The fraction of sp³-hybridized carbons (Fsp3) is 0.222. The van der Waals surface area contributed by atoms with Gasteiger partial charge in [0, 0.05) is 0 Å². The van der Waals surface area contributed by atoms with Crippen molar-refractivity contribution in [1.82, 2.24) is 0 Å². The first kappa shape index (κ1) is 10.8. The summed E-state index contributed by atoms with van der Waals surface area (Å²) in [6, 6.07) is 17.3. The predicted octanol–water partition coefficient (Wildman–Crippen LogP) is 4.14. The van der Waals surface area contributed by atoms with Gasteiger partial charge in [0.05, 0.1) is 13.2 Å². The van der Waals surface area contributed by atoms with Crippen molar-refractivity contribution in [2.75, 3.05) is 13.2 Å². The highest BCUT2D eigenvalue weighted by Crippen LogP contribution is 2.46. The second kappa shape index (κ2) is 3.81. The van der Waals surface area contributed by atoms with Crippen molar-refractivity contribution in [1.29, 1.82) is 0 Å². The van der Waals surface area contributed by atoms with Crippen LogP contribution in [-0.4, -0.2) is 13.2 Å². The molecule has 2 atom stereocenters. The molecule has 0 N–H and O–H groups in total. The van der Waals surface area contributed by atoms with Gasteiger partial charge in [-0.15, -0.1) is 0 Å². The van der Waals surface area contributed by atoms with Gasteiger partial charge in [-0.25, -0.2) is 0 Å². The van der Waals surface area contributed by atoms with Crippen molar-refractivity contribution in [2.24, 2.45) is 0 Å². The van der Waals surface area contributed by atoms with Crippen molar-refractivity contribution < 1.29 is 9.47 Å². The lowest BCUT2D eigenvalue weighted by Gasteiger charge is -2.14. The Hall–Kier alpha value is -1.90. The van der Waals surface area contributed by atoms with Crippen molar-refractivity contribution in [2.45, 2.75) is 12.2 Å². The summed E-state index contributed by atoms with van der Waals surface area (Å²) in [7, 11) is 0. The lowest BCUT2D eigenvalue weighted by atomic mass is 9.89. The maximum absolute atomic E-state index is 5.60. The van der Waals surface area contributed by atoms with Crippen LogP contribution in [-0.2, 0) is 9.47 Å². The molecule has 2 heterocycles. The molecule has 3 aromatic rings. The molecule has 20 heavy (non-hydrogen) atoms. The Morgan fingerprint density at radius 1 is 0.600 bits per heavy atom. The van der Waals surface area contributed by atoms with E-state index in [1.165, 1.54) is 32.7 Å². The molecule has 0 aliphatic carbocycles. The molecule has 0 aromatic heterocycles. The number of rotatable bonds is 2. The molecular weight excluding hydrogens is 248 g/mol. The topological polar surface area (TPSA) is 25.1 Å². The molecule has 2 nitrogen and oxygen atoms in total. The molecule has 5 rings (SSSR count). The third-order valence-electron chi connectivity index (χ3n) is 4.33. The first-order valence-corrected chi connectivity index (χ1v) is 7.10. The minimum Gasteiger partial charge on any atom is -0.368 e. The number of hydrogen-bond acceptors (Lipinski definition) is 2. The van der Waals surface area contributed by atoms with Crippen LogP contribution in [0.15, 0.2) is 48.5 Å². The van der Waals surface area contributed by atoms with Crippen molar-refractivity contribution in [3.8, 4) is 0 Å². The van der Waals surface area contributed by atoms with Crippen molar-refractivity contribution >= 4 is 21.5 Å².